The van der Waals surface area contributed by atoms with Gasteiger partial charge in [0.05, 0.1) is 23.1 Å². The van der Waals surface area contributed by atoms with Crippen molar-refractivity contribution in [1.82, 2.24) is 0 Å². The Morgan fingerprint density at radius 2 is 1.92 bits per heavy atom. The lowest BCUT2D eigenvalue weighted by Gasteiger charge is -2.15. The zero-order valence-electron chi connectivity index (χ0n) is 7.70. The highest BCUT2D eigenvalue weighted by Crippen LogP contribution is 2.22. The molecule has 1 aromatic rings. The zero-order chi connectivity index (χ0) is 9.90. The molecule has 0 radical (unpaired) electrons. The highest BCUT2D eigenvalue weighted by Gasteiger charge is 2.19. The number of rotatable bonds is 1. The minimum absolute atomic E-state index is 0.521. The Morgan fingerprint density at radius 3 is 2.46 bits per heavy atom. The fourth-order valence-corrected chi connectivity index (χ4v) is 1.04. The molecular weight excluding hydrogens is 160 g/mol. The standard InChI is InChI=1S/C11H10N2/c1-11(2,8-13)10-5-3-4-9(6-10)7-12/h3-6H,1-2H3. The van der Waals surface area contributed by atoms with E-state index in [0.717, 1.165) is 5.56 Å². The van der Waals surface area contributed by atoms with E-state index in [-0.39, 0.29) is 0 Å². The summed E-state index contributed by atoms with van der Waals surface area (Å²) in [5.41, 5.74) is 0.960. The van der Waals surface area contributed by atoms with Crippen LogP contribution in [0.15, 0.2) is 24.3 Å². The van der Waals surface area contributed by atoms with E-state index in [9.17, 15) is 0 Å². The van der Waals surface area contributed by atoms with E-state index in [2.05, 4.69) is 12.1 Å². The van der Waals surface area contributed by atoms with Crippen molar-refractivity contribution in [3.05, 3.63) is 35.4 Å². The van der Waals surface area contributed by atoms with Crippen LogP contribution in [0.1, 0.15) is 25.0 Å². The van der Waals surface area contributed by atoms with Crippen LogP contribution in [0, 0.1) is 22.7 Å². The first-order valence-corrected chi connectivity index (χ1v) is 4.02. The first-order valence-electron chi connectivity index (χ1n) is 4.02. The molecule has 0 N–H and O–H groups in total. The van der Waals surface area contributed by atoms with Crippen LogP contribution in [0.4, 0.5) is 0 Å². The highest BCUT2D eigenvalue weighted by atomic mass is 14.3. The second kappa shape index (κ2) is 3.29. The summed E-state index contributed by atoms with van der Waals surface area (Å²) >= 11 is 0. The average molecular weight is 170 g/mol. The Balaban J connectivity index is 3.20. The van der Waals surface area contributed by atoms with Gasteiger partial charge in [-0.25, -0.2) is 0 Å². The Bertz CT molecular complexity index is 391. The molecule has 1 rings (SSSR count). The van der Waals surface area contributed by atoms with Crippen molar-refractivity contribution in [3.8, 4) is 12.1 Å². The number of hydrogen-bond donors (Lipinski definition) is 0. The minimum Gasteiger partial charge on any atom is -0.197 e. The number of hydrogen-bond acceptors (Lipinski definition) is 2. The number of nitrogens with zero attached hydrogens (tertiary/aromatic N) is 2. The van der Waals surface area contributed by atoms with E-state index in [0.29, 0.717) is 5.56 Å². The zero-order valence-corrected chi connectivity index (χ0v) is 7.70. The van der Waals surface area contributed by atoms with Crippen molar-refractivity contribution in [2.75, 3.05) is 0 Å². The molecule has 2 heteroatoms. The van der Waals surface area contributed by atoms with Crippen LogP contribution in [0.3, 0.4) is 0 Å². The molecule has 0 atom stereocenters. The molecule has 1 aromatic carbocycles. The number of nitriles is 2. The molecule has 0 saturated carbocycles. The van der Waals surface area contributed by atoms with Gasteiger partial charge in [-0.1, -0.05) is 12.1 Å². The topological polar surface area (TPSA) is 47.6 Å². The summed E-state index contributed by atoms with van der Waals surface area (Å²) in [4.78, 5) is 0. The smallest absolute Gasteiger partial charge is 0.0991 e. The largest absolute Gasteiger partial charge is 0.197 e. The molecule has 0 unspecified atom stereocenters. The van der Waals surface area contributed by atoms with Crippen LogP contribution >= 0.6 is 0 Å². The van der Waals surface area contributed by atoms with Crippen molar-refractivity contribution in [2.45, 2.75) is 19.3 Å². The fraction of sp³-hybridized carbons (Fsp3) is 0.273. The van der Waals surface area contributed by atoms with Gasteiger partial charge in [0.1, 0.15) is 0 Å². The summed E-state index contributed by atoms with van der Waals surface area (Å²) in [7, 11) is 0. The van der Waals surface area contributed by atoms with Gasteiger partial charge in [-0.15, -0.1) is 0 Å². The van der Waals surface area contributed by atoms with Gasteiger partial charge in [-0.05, 0) is 31.5 Å². The maximum Gasteiger partial charge on any atom is 0.0991 e. The van der Waals surface area contributed by atoms with E-state index in [1.165, 1.54) is 0 Å². The lowest BCUT2D eigenvalue weighted by molar-refractivity contribution is 0.686. The van der Waals surface area contributed by atoms with Gasteiger partial charge < -0.3 is 0 Å². The van der Waals surface area contributed by atoms with Gasteiger partial charge in [0.15, 0.2) is 0 Å². The Hall–Kier alpha value is -1.80. The predicted octanol–water partition coefficient (Wildman–Crippen LogP) is 2.36. The van der Waals surface area contributed by atoms with Crippen molar-refractivity contribution in [3.63, 3.8) is 0 Å². The summed E-state index contributed by atoms with van der Waals surface area (Å²) in [5.74, 6) is 0. The maximum absolute atomic E-state index is 8.88. The lowest BCUT2D eigenvalue weighted by atomic mass is 9.86. The SMILES string of the molecule is CC(C)(C#N)c1cccc(C#N)c1. The average Bonchev–Trinajstić information content (AvgIpc) is 2.18. The van der Waals surface area contributed by atoms with Gasteiger partial charge >= 0.3 is 0 Å². The Kier molecular flexibility index (Phi) is 2.35. The molecule has 0 amide bonds. The predicted molar refractivity (Wildman–Crippen MR) is 49.8 cm³/mol. The minimum atomic E-state index is -0.521. The van der Waals surface area contributed by atoms with Crippen LogP contribution in [-0.4, -0.2) is 0 Å². The molecule has 13 heavy (non-hydrogen) atoms. The third-order valence-electron chi connectivity index (χ3n) is 1.99. The van der Waals surface area contributed by atoms with Crippen LogP contribution in [-0.2, 0) is 5.41 Å². The second-order valence-corrected chi connectivity index (χ2v) is 3.43. The van der Waals surface area contributed by atoms with Gasteiger partial charge in [-0.2, -0.15) is 10.5 Å². The first-order chi connectivity index (χ1) is 6.10. The summed E-state index contributed by atoms with van der Waals surface area (Å²) in [5, 5.41) is 17.5. The molecule has 0 aliphatic heterocycles. The van der Waals surface area contributed by atoms with Gasteiger partial charge in [0.2, 0.25) is 0 Å². The van der Waals surface area contributed by atoms with Gasteiger partial charge in [0, 0.05) is 0 Å². The molecule has 0 fully saturated rings. The monoisotopic (exact) mass is 170 g/mol. The van der Waals surface area contributed by atoms with Crippen LogP contribution in [0.5, 0.6) is 0 Å². The quantitative estimate of drug-likeness (QED) is 0.649. The number of benzene rings is 1. The molecule has 0 bridgehead atoms. The molecule has 64 valence electrons. The molecular formula is C11H10N2. The van der Waals surface area contributed by atoms with Crippen molar-refractivity contribution in [1.29, 1.82) is 10.5 Å². The third kappa shape index (κ3) is 1.86. The van der Waals surface area contributed by atoms with E-state index >= 15 is 0 Å². The Labute approximate surface area is 78.0 Å². The molecule has 0 aromatic heterocycles. The van der Waals surface area contributed by atoms with E-state index in [1.54, 1.807) is 18.2 Å². The fourth-order valence-electron chi connectivity index (χ4n) is 1.04. The molecule has 0 spiro atoms. The second-order valence-electron chi connectivity index (χ2n) is 3.43. The third-order valence-corrected chi connectivity index (χ3v) is 1.99. The normalized spacial score (nSPS) is 10.2. The lowest BCUT2D eigenvalue weighted by Crippen LogP contribution is -2.13. The molecule has 2 nitrogen and oxygen atoms in total. The molecule has 0 heterocycles. The molecule has 0 aliphatic rings. The van der Waals surface area contributed by atoms with Gasteiger partial charge in [0.25, 0.3) is 0 Å². The first kappa shape index (κ1) is 9.29. The van der Waals surface area contributed by atoms with Crippen LogP contribution < -0.4 is 0 Å². The molecule has 0 saturated heterocycles. The van der Waals surface area contributed by atoms with Crippen LogP contribution in [0.2, 0.25) is 0 Å². The maximum atomic E-state index is 8.88. The summed E-state index contributed by atoms with van der Waals surface area (Å²) < 4.78 is 0. The van der Waals surface area contributed by atoms with E-state index in [1.807, 2.05) is 19.9 Å². The van der Waals surface area contributed by atoms with Crippen molar-refractivity contribution < 1.29 is 0 Å². The van der Waals surface area contributed by atoms with Crippen molar-refractivity contribution in [2.24, 2.45) is 0 Å². The van der Waals surface area contributed by atoms with Gasteiger partial charge in [-0.3, -0.25) is 0 Å². The highest BCUT2D eigenvalue weighted by molar-refractivity contribution is 5.38. The summed E-state index contributed by atoms with van der Waals surface area (Å²) in [6, 6.07) is 11.4. The van der Waals surface area contributed by atoms with E-state index in [4.69, 9.17) is 10.5 Å². The molecule has 0 aliphatic carbocycles. The summed E-state index contributed by atoms with van der Waals surface area (Å²) in [6.45, 7) is 3.67. The van der Waals surface area contributed by atoms with E-state index < -0.39 is 5.41 Å². The van der Waals surface area contributed by atoms with Crippen molar-refractivity contribution >= 4 is 0 Å². The summed E-state index contributed by atoms with van der Waals surface area (Å²) in [6.07, 6.45) is 0. The Morgan fingerprint density at radius 1 is 1.23 bits per heavy atom. The van der Waals surface area contributed by atoms with Crippen LogP contribution in [0.25, 0.3) is 0 Å².